The molecule has 2 heterocycles. The molecule has 1 aromatic carbocycles. The highest BCUT2D eigenvalue weighted by Crippen LogP contribution is 2.26. The fraction of sp³-hybridized carbons (Fsp3) is 0.611. The van der Waals surface area contributed by atoms with Crippen molar-refractivity contribution in [2.45, 2.75) is 12.8 Å². The Morgan fingerprint density at radius 3 is 2.88 bits per heavy atom. The van der Waals surface area contributed by atoms with Crippen molar-refractivity contribution in [3.63, 3.8) is 0 Å². The number of urea groups is 1. The number of carbonyl (C=O) groups excluding carboxylic acids is 1. The summed E-state index contributed by atoms with van der Waals surface area (Å²) in [6, 6.07) is 8.07. The summed E-state index contributed by atoms with van der Waals surface area (Å²) in [6.45, 7) is 4.97. The van der Waals surface area contributed by atoms with E-state index in [4.69, 9.17) is 9.47 Å². The van der Waals surface area contributed by atoms with Crippen LogP contribution in [0.2, 0.25) is 0 Å². The molecule has 2 aliphatic rings. The third-order valence-corrected chi connectivity index (χ3v) is 4.83. The predicted molar refractivity (Wildman–Crippen MR) is 93.6 cm³/mol. The van der Waals surface area contributed by atoms with Gasteiger partial charge in [0.05, 0.1) is 13.7 Å². The molecule has 0 aliphatic carbocycles. The zero-order chi connectivity index (χ0) is 16.8. The maximum absolute atomic E-state index is 11.9. The molecule has 2 N–H and O–H groups in total. The summed E-state index contributed by atoms with van der Waals surface area (Å²) in [7, 11) is 1.69. The molecule has 132 valence electrons. The van der Waals surface area contributed by atoms with E-state index in [1.54, 1.807) is 7.11 Å². The van der Waals surface area contributed by atoms with E-state index in [2.05, 4.69) is 27.7 Å². The summed E-state index contributed by atoms with van der Waals surface area (Å²) in [5.74, 6) is 1.83. The molecule has 6 heteroatoms. The van der Waals surface area contributed by atoms with Crippen LogP contribution in [-0.2, 0) is 4.74 Å². The van der Waals surface area contributed by atoms with E-state index >= 15 is 0 Å². The highest BCUT2D eigenvalue weighted by Gasteiger charge is 2.23. The highest BCUT2D eigenvalue weighted by molar-refractivity contribution is 5.73. The van der Waals surface area contributed by atoms with E-state index in [-0.39, 0.29) is 6.03 Å². The number of rotatable bonds is 6. The van der Waals surface area contributed by atoms with Gasteiger partial charge in [0.25, 0.3) is 0 Å². The van der Waals surface area contributed by atoms with E-state index < -0.39 is 0 Å². The van der Waals surface area contributed by atoms with Gasteiger partial charge in [0, 0.05) is 50.5 Å². The minimum absolute atomic E-state index is 0.0678. The normalized spacial score (nSPS) is 23.3. The first-order valence-electron chi connectivity index (χ1n) is 8.73. The molecule has 2 atom stereocenters. The van der Waals surface area contributed by atoms with Gasteiger partial charge in [-0.05, 0) is 30.9 Å². The van der Waals surface area contributed by atoms with Crippen LogP contribution < -0.4 is 20.3 Å². The van der Waals surface area contributed by atoms with Gasteiger partial charge < -0.3 is 25.0 Å². The summed E-state index contributed by atoms with van der Waals surface area (Å²) in [4.78, 5) is 14.2. The molecule has 24 heavy (non-hydrogen) atoms. The summed E-state index contributed by atoms with van der Waals surface area (Å²) in [5, 5.41) is 5.95. The van der Waals surface area contributed by atoms with Crippen LogP contribution in [0.25, 0.3) is 0 Å². The molecule has 3 rings (SSSR count). The van der Waals surface area contributed by atoms with E-state index in [1.807, 2.05) is 12.1 Å². The lowest BCUT2D eigenvalue weighted by Gasteiger charge is -2.19. The molecule has 0 unspecified atom stereocenters. The summed E-state index contributed by atoms with van der Waals surface area (Å²) >= 11 is 0. The maximum atomic E-state index is 11.9. The number of amides is 2. The van der Waals surface area contributed by atoms with Gasteiger partial charge in [0.15, 0.2) is 0 Å². The molecule has 6 nitrogen and oxygen atoms in total. The van der Waals surface area contributed by atoms with Gasteiger partial charge in [-0.3, -0.25) is 0 Å². The zero-order valence-corrected chi connectivity index (χ0v) is 14.3. The molecular formula is C18H27N3O3. The molecule has 0 saturated carbocycles. The number of nitrogens with zero attached hydrogens (tertiary/aromatic N) is 1. The summed E-state index contributed by atoms with van der Waals surface area (Å²) in [6.07, 6.45) is 2.13. The number of benzene rings is 1. The van der Waals surface area contributed by atoms with Crippen LogP contribution in [0.15, 0.2) is 24.3 Å². The molecule has 2 amide bonds. The standard InChI is InChI=1S/C18H27N3O3/c1-23-17-4-2-3-16(9-17)21-7-5-14(12-21)10-19-18(22)20-11-15-6-8-24-13-15/h2-4,9,14-15H,5-8,10-13H2,1H3,(H2,19,20,22)/t14-,15-/m0/s1. The summed E-state index contributed by atoms with van der Waals surface area (Å²) in [5.41, 5.74) is 1.18. The van der Waals surface area contributed by atoms with Crippen molar-refractivity contribution in [2.24, 2.45) is 11.8 Å². The van der Waals surface area contributed by atoms with Crippen LogP contribution in [0.3, 0.4) is 0 Å². The molecule has 0 bridgehead atoms. The Kier molecular flexibility index (Phi) is 5.80. The van der Waals surface area contributed by atoms with Crippen LogP contribution in [-0.4, -0.2) is 52.5 Å². The Bertz CT molecular complexity index is 546. The number of methoxy groups -OCH3 is 1. The Balaban J connectivity index is 1.38. The van der Waals surface area contributed by atoms with Gasteiger partial charge in [0.1, 0.15) is 5.75 Å². The minimum atomic E-state index is -0.0678. The first-order chi connectivity index (χ1) is 11.7. The lowest BCUT2D eigenvalue weighted by atomic mass is 10.1. The number of anilines is 1. The Hall–Kier alpha value is -1.95. The molecule has 2 fully saturated rings. The highest BCUT2D eigenvalue weighted by atomic mass is 16.5. The summed E-state index contributed by atoms with van der Waals surface area (Å²) < 4.78 is 10.6. The van der Waals surface area contributed by atoms with E-state index in [1.165, 1.54) is 5.69 Å². The molecule has 0 aromatic heterocycles. The van der Waals surface area contributed by atoms with Gasteiger partial charge in [0.2, 0.25) is 0 Å². The largest absolute Gasteiger partial charge is 0.497 e. The number of ether oxygens (including phenoxy) is 2. The average molecular weight is 333 g/mol. The number of hydrogen-bond donors (Lipinski definition) is 2. The van der Waals surface area contributed by atoms with Crippen molar-refractivity contribution in [2.75, 3.05) is 51.4 Å². The second-order valence-electron chi connectivity index (χ2n) is 6.62. The molecule has 0 spiro atoms. The third-order valence-electron chi connectivity index (χ3n) is 4.83. The van der Waals surface area contributed by atoms with Crippen LogP contribution in [0.1, 0.15) is 12.8 Å². The van der Waals surface area contributed by atoms with Gasteiger partial charge in [-0.25, -0.2) is 4.79 Å². The van der Waals surface area contributed by atoms with Crippen molar-refractivity contribution in [3.05, 3.63) is 24.3 Å². The van der Waals surface area contributed by atoms with E-state index in [0.29, 0.717) is 24.9 Å². The van der Waals surface area contributed by atoms with Crippen molar-refractivity contribution in [1.82, 2.24) is 10.6 Å². The quantitative estimate of drug-likeness (QED) is 0.834. The molecule has 0 radical (unpaired) electrons. The molecule has 2 saturated heterocycles. The molecule has 2 aliphatic heterocycles. The van der Waals surface area contributed by atoms with Crippen molar-refractivity contribution in [1.29, 1.82) is 0 Å². The zero-order valence-electron chi connectivity index (χ0n) is 14.3. The van der Waals surface area contributed by atoms with Gasteiger partial charge in [-0.15, -0.1) is 0 Å². The Labute approximate surface area is 143 Å². The number of hydrogen-bond acceptors (Lipinski definition) is 4. The minimum Gasteiger partial charge on any atom is -0.497 e. The third kappa shape index (κ3) is 4.54. The Morgan fingerprint density at radius 1 is 1.29 bits per heavy atom. The fourth-order valence-electron chi connectivity index (χ4n) is 3.32. The van der Waals surface area contributed by atoms with Crippen LogP contribution in [0, 0.1) is 11.8 Å². The Morgan fingerprint density at radius 2 is 2.12 bits per heavy atom. The van der Waals surface area contributed by atoms with Crippen LogP contribution >= 0.6 is 0 Å². The second kappa shape index (κ2) is 8.24. The van der Waals surface area contributed by atoms with Crippen molar-refractivity contribution < 1.29 is 14.3 Å². The maximum Gasteiger partial charge on any atom is 0.314 e. The van der Waals surface area contributed by atoms with Gasteiger partial charge >= 0.3 is 6.03 Å². The average Bonchev–Trinajstić information content (AvgIpc) is 3.30. The fourth-order valence-corrected chi connectivity index (χ4v) is 3.32. The first kappa shape index (κ1) is 16.9. The molecule has 1 aromatic rings. The van der Waals surface area contributed by atoms with E-state index in [9.17, 15) is 4.79 Å². The number of carbonyl (C=O) groups is 1. The monoisotopic (exact) mass is 333 g/mol. The van der Waals surface area contributed by atoms with Gasteiger partial charge in [-0.1, -0.05) is 6.07 Å². The SMILES string of the molecule is COc1cccc(N2CC[C@@H](CNC(=O)NC[C@@H]3CCOC3)C2)c1. The van der Waals surface area contributed by atoms with Crippen LogP contribution in [0.5, 0.6) is 5.75 Å². The van der Waals surface area contributed by atoms with Crippen LogP contribution in [0.4, 0.5) is 10.5 Å². The smallest absolute Gasteiger partial charge is 0.314 e. The van der Waals surface area contributed by atoms with Crippen molar-refractivity contribution in [3.8, 4) is 5.75 Å². The predicted octanol–water partition coefficient (Wildman–Crippen LogP) is 1.86. The van der Waals surface area contributed by atoms with Crippen molar-refractivity contribution >= 4 is 11.7 Å². The lowest BCUT2D eigenvalue weighted by molar-refractivity contribution is 0.185. The second-order valence-corrected chi connectivity index (χ2v) is 6.62. The van der Waals surface area contributed by atoms with E-state index in [0.717, 1.165) is 44.9 Å². The lowest BCUT2D eigenvalue weighted by Crippen LogP contribution is -2.40. The molecular weight excluding hydrogens is 306 g/mol. The number of nitrogens with one attached hydrogen (secondary N) is 2. The topological polar surface area (TPSA) is 62.8 Å². The first-order valence-corrected chi connectivity index (χ1v) is 8.73. The van der Waals surface area contributed by atoms with Gasteiger partial charge in [-0.2, -0.15) is 0 Å².